The van der Waals surface area contributed by atoms with Crippen molar-refractivity contribution >= 4 is 17.5 Å². The van der Waals surface area contributed by atoms with Crippen molar-refractivity contribution in [1.82, 2.24) is 9.97 Å². The second-order valence-electron chi connectivity index (χ2n) is 4.43. The fourth-order valence-corrected chi connectivity index (χ4v) is 1.64. The lowest BCUT2D eigenvalue weighted by molar-refractivity contribution is 0.616. The van der Waals surface area contributed by atoms with Crippen molar-refractivity contribution < 1.29 is 8.78 Å². The summed E-state index contributed by atoms with van der Waals surface area (Å²) in [6, 6.07) is 4.56. The third kappa shape index (κ3) is 3.40. The average molecular weight is 278 g/mol. The minimum atomic E-state index is -0.632. The van der Waals surface area contributed by atoms with E-state index in [1.54, 1.807) is 12.1 Å². The van der Waals surface area contributed by atoms with Crippen LogP contribution in [0.4, 0.5) is 26.2 Å². The molecule has 20 heavy (non-hydrogen) atoms. The lowest BCUT2D eigenvalue weighted by Gasteiger charge is -2.10. The van der Waals surface area contributed by atoms with Gasteiger partial charge in [-0.1, -0.05) is 13.0 Å². The minimum Gasteiger partial charge on any atom is -0.354 e. The quantitative estimate of drug-likeness (QED) is 0.877. The molecular weight excluding hydrogens is 262 g/mol. The van der Waals surface area contributed by atoms with E-state index in [1.807, 2.05) is 13.8 Å². The largest absolute Gasteiger partial charge is 0.354 e. The van der Waals surface area contributed by atoms with Gasteiger partial charge in [-0.2, -0.15) is 4.98 Å². The monoisotopic (exact) mass is 278 g/mol. The highest BCUT2D eigenvalue weighted by Crippen LogP contribution is 2.22. The predicted octanol–water partition coefficient (Wildman–Crippen LogP) is 3.63. The highest BCUT2D eigenvalue weighted by molar-refractivity contribution is 5.59. The van der Waals surface area contributed by atoms with Crippen LogP contribution < -0.4 is 10.6 Å². The number of nitrogens with zero attached hydrogens (tertiary/aromatic N) is 2. The molecule has 0 unspecified atom stereocenters. The van der Waals surface area contributed by atoms with Gasteiger partial charge in [0, 0.05) is 6.54 Å². The molecule has 0 bridgehead atoms. The highest BCUT2D eigenvalue weighted by Gasteiger charge is 2.10. The second kappa shape index (κ2) is 6.27. The van der Waals surface area contributed by atoms with Gasteiger partial charge >= 0.3 is 0 Å². The maximum Gasteiger partial charge on any atom is 0.224 e. The molecule has 0 atom stereocenters. The van der Waals surface area contributed by atoms with E-state index in [0.717, 1.165) is 18.2 Å². The average Bonchev–Trinajstić information content (AvgIpc) is 2.43. The molecule has 0 aliphatic rings. The van der Waals surface area contributed by atoms with E-state index in [1.165, 1.54) is 6.07 Å². The number of aromatic nitrogens is 2. The van der Waals surface area contributed by atoms with E-state index in [-0.39, 0.29) is 11.5 Å². The molecule has 0 amide bonds. The van der Waals surface area contributed by atoms with Crippen LogP contribution >= 0.6 is 0 Å². The number of halogens is 2. The third-order valence-corrected chi connectivity index (χ3v) is 2.65. The van der Waals surface area contributed by atoms with Crippen molar-refractivity contribution in [3.63, 3.8) is 0 Å². The van der Waals surface area contributed by atoms with Gasteiger partial charge in [-0.25, -0.2) is 13.8 Å². The summed E-state index contributed by atoms with van der Waals surface area (Å²) < 4.78 is 27.3. The minimum absolute atomic E-state index is 0.0527. The zero-order valence-electron chi connectivity index (χ0n) is 11.4. The van der Waals surface area contributed by atoms with Crippen molar-refractivity contribution in [3.05, 3.63) is 41.6 Å². The molecule has 0 aliphatic heterocycles. The molecule has 2 aromatic rings. The Balaban J connectivity index is 2.25. The van der Waals surface area contributed by atoms with Crippen molar-refractivity contribution in [2.24, 2.45) is 0 Å². The molecular formula is C14H16F2N4. The first kappa shape index (κ1) is 14.2. The smallest absolute Gasteiger partial charge is 0.224 e. The van der Waals surface area contributed by atoms with E-state index in [0.29, 0.717) is 12.5 Å². The third-order valence-electron chi connectivity index (χ3n) is 2.65. The molecule has 4 nitrogen and oxygen atoms in total. The molecule has 1 aromatic heterocycles. The van der Waals surface area contributed by atoms with Crippen LogP contribution in [0, 0.1) is 18.6 Å². The van der Waals surface area contributed by atoms with Crippen LogP contribution in [-0.2, 0) is 0 Å². The molecule has 106 valence electrons. The van der Waals surface area contributed by atoms with Gasteiger partial charge in [-0.05, 0) is 31.0 Å². The van der Waals surface area contributed by atoms with Gasteiger partial charge in [0.1, 0.15) is 5.82 Å². The molecule has 0 fully saturated rings. The molecule has 0 aliphatic carbocycles. The fourth-order valence-electron chi connectivity index (χ4n) is 1.64. The van der Waals surface area contributed by atoms with Crippen LogP contribution in [0.15, 0.2) is 24.4 Å². The van der Waals surface area contributed by atoms with Gasteiger partial charge in [0.25, 0.3) is 0 Å². The summed E-state index contributed by atoms with van der Waals surface area (Å²) in [4.78, 5) is 7.83. The molecule has 0 saturated carbocycles. The van der Waals surface area contributed by atoms with E-state index >= 15 is 0 Å². The van der Waals surface area contributed by atoms with Crippen LogP contribution in [0.25, 0.3) is 0 Å². The fraction of sp³-hybridized carbons (Fsp3) is 0.286. The number of nitrogens with one attached hydrogen (secondary N) is 2. The molecule has 0 saturated heterocycles. The Morgan fingerprint density at radius 2 is 2.00 bits per heavy atom. The van der Waals surface area contributed by atoms with Crippen LogP contribution in [0.5, 0.6) is 0 Å². The molecule has 2 N–H and O–H groups in total. The molecule has 1 aromatic carbocycles. The van der Waals surface area contributed by atoms with Crippen LogP contribution in [0.1, 0.15) is 18.9 Å². The van der Waals surface area contributed by atoms with Crippen LogP contribution in [-0.4, -0.2) is 16.5 Å². The van der Waals surface area contributed by atoms with E-state index in [4.69, 9.17) is 0 Å². The predicted molar refractivity (Wildman–Crippen MR) is 75.2 cm³/mol. The Bertz CT molecular complexity index is 602. The zero-order valence-corrected chi connectivity index (χ0v) is 11.4. The van der Waals surface area contributed by atoms with Crippen LogP contribution in [0.2, 0.25) is 0 Å². The van der Waals surface area contributed by atoms with Crippen molar-refractivity contribution in [2.75, 3.05) is 17.2 Å². The first-order valence-corrected chi connectivity index (χ1v) is 6.39. The number of aryl methyl sites for hydroxylation is 1. The highest BCUT2D eigenvalue weighted by atomic mass is 19.1. The first-order chi connectivity index (χ1) is 9.60. The Labute approximate surface area is 116 Å². The lowest BCUT2D eigenvalue weighted by atomic mass is 10.2. The van der Waals surface area contributed by atoms with Crippen molar-refractivity contribution in [1.29, 1.82) is 0 Å². The number of hydrogen-bond donors (Lipinski definition) is 2. The van der Waals surface area contributed by atoms with Gasteiger partial charge < -0.3 is 10.6 Å². The second-order valence-corrected chi connectivity index (χ2v) is 4.43. The number of rotatable bonds is 5. The van der Waals surface area contributed by atoms with E-state index in [9.17, 15) is 8.78 Å². The SMILES string of the molecule is CCCNc1ncc(F)c(Nc2cc(C)ccc2F)n1. The van der Waals surface area contributed by atoms with E-state index in [2.05, 4.69) is 20.6 Å². The van der Waals surface area contributed by atoms with Crippen molar-refractivity contribution in [3.8, 4) is 0 Å². The molecule has 1 heterocycles. The summed E-state index contributed by atoms with van der Waals surface area (Å²) >= 11 is 0. The Kier molecular flexibility index (Phi) is 4.45. The van der Waals surface area contributed by atoms with Gasteiger partial charge in [0.2, 0.25) is 5.95 Å². The maximum atomic E-state index is 13.7. The normalized spacial score (nSPS) is 10.4. The molecule has 6 heteroatoms. The van der Waals surface area contributed by atoms with Crippen LogP contribution in [0.3, 0.4) is 0 Å². The molecule has 2 rings (SSSR count). The summed E-state index contributed by atoms with van der Waals surface area (Å²) in [6.45, 7) is 4.51. The summed E-state index contributed by atoms with van der Waals surface area (Å²) in [6.07, 6.45) is 1.96. The number of anilines is 3. The van der Waals surface area contributed by atoms with Gasteiger partial charge in [0.05, 0.1) is 11.9 Å². The Morgan fingerprint density at radius 3 is 2.75 bits per heavy atom. The topological polar surface area (TPSA) is 49.8 Å². The number of hydrogen-bond acceptors (Lipinski definition) is 4. The Morgan fingerprint density at radius 1 is 1.20 bits per heavy atom. The summed E-state index contributed by atoms with van der Waals surface area (Å²) in [5.41, 5.74) is 1.05. The molecule has 0 spiro atoms. The van der Waals surface area contributed by atoms with Crippen molar-refractivity contribution in [2.45, 2.75) is 20.3 Å². The number of benzene rings is 1. The Hall–Kier alpha value is -2.24. The zero-order chi connectivity index (χ0) is 14.5. The van der Waals surface area contributed by atoms with Gasteiger partial charge in [-0.3, -0.25) is 0 Å². The standard InChI is InChI=1S/C14H16F2N4/c1-3-6-17-14-18-8-11(16)13(20-14)19-12-7-9(2)4-5-10(12)15/h4-5,7-8H,3,6H2,1-2H3,(H2,17,18,19,20). The maximum absolute atomic E-state index is 13.7. The summed E-state index contributed by atoms with van der Waals surface area (Å²) in [7, 11) is 0. The molecule has 0 radical (unpaired) electrons. The lowest BCUT2D eigenvalue weighted by Crippen LogP contribution is -2.07. The van der Waals surface area contributed by atoms with E-state index < -0.39 is 11.6 Å². The van der Waals surface area contributed by atoms with Gasteiger partial charge in [0.15, 0.2) is 11.6 Å². The first-order valence-electron chi connectivity index (χ1n) is 6.39. The summed E-state index contributed by atoms with van der Waals surface area (Å²) in [5, 5.41) is 5.61. The summed E-state index contributed by atoms with van der Waals surface area (Å²) in [5.74, 6) is -0.837. The van der Waals surface area contributed by atoms with Gasteiger partial charge in [-0.15, -0.1) is 0 Å².